The van der Waals surface area contributed by atoms with Gasteiger partial charge in [0.1, 0.15) is 11.5 Å². The Bertz CT molecular complexity index is 814. The van der Waals surface area contributed by atoms with E-state index < -0.39 is 4.92 Å². The van der Waals surface area contributed by atoms with Crippen molar-refractivity contribution in [3.8, 4) is 6.07 Å². The molecule has 8 heteroatoms. The number of aryl methyl sites for hydroxylation is 1. The van der Waals surface area contributed by atoms with Crippen molar-refractivity contribution in [2.24, 2.45) is 0 Å². The van der Waals surface area contributed by atoms with Crippen LogP contribution in [0.2, 0.25) is 0 Å². The fourth-order valence-corrected chi connectivity index (χ4v) is 2.03. The smallest absolute Gasteiger partial charge is 0.293 e. The number of pyridine rings is 1. The number of nitrogens with zero attached hydrogens (tertiary/aromatic N) is 3. The lowest BCUT2D eigenvalue weighted by molar-refractivity contribution is -0.384. The second-order valence-electron chi connectivity index (χ2n) is 4.99. The number of amides is 1. The second kappa shape index (κ2) is 7.69. The number of hydrogen-bond donors (Lipinski definition) is 2. The van der Waals surface area contributed by atoms with Crippen LogP contribution in [0.15, 0.2) is 36.4 Å². The van der Waals surface area contributed by atoms with E-state index in [9.17, 15) is 14.9 Å². The predicted molar refractivity (Wildman–Crippen MR) is 88.5 cm³/mol. The Kier molecular flexibility index (Phi) is 5.41. The first-order valence-corrected chi connectivity index (χ1v) is 7.15. The molecular weight excluding hydrogens is 310 g/mol. The first kappa shape index (κ1) is 16.9. The van der Waals surface area contributed by atoms with E-state index in [2.05, 4.69) is 15.6 Å². The van der Waals surface area contributed by atoms with Crippen LogP contribution >= 0.6 is 0 Å². The molecule has 0 aliphatic heterocycles. The Balaban J connectivity index is 1.93. The third-order valence-electron chi connectivity index (χ3n) is 3.15. The van der Waals surface area contributed by atoms with Crippen molar-refractivity contribution in [1.29, 1.82) is 5.26 Å². The third kappa shape index (κ3) is 4.51. The Labute approximate surface area is 138 Å². The van der Waals surface area contributed by atoms with Crippen LogP contribution in [0, 0.1) is 28.4 Å². The minimum absolute atomic E-state index is 0.118. The average molecular weight is 325 g/mol. The number of hydrogen-bond acceptors (Lipinski definition) is 6. The van der Waals surface area contributed by atoms with Crippen molar-refractivity contribution in [3.05, 3.63) is 57.8 Å². The molecule has 8 nitrogen and oxygen atoms in total. The fraction of sp³-hybridized carbons (Fsp3) is 0.188. The molecule has 0 aliphatic carbocycles. The molecule has 2 rings (SSSR count). The molecule has 122 valence electrons. The molecule has 0 fully saturated rings. The molecule has 1 amide bonds. The lowest BCUT2D eigenvalue weighted by atomic mass is 10.2. The number of carbonyl (C=O) groups is 1. The maximum atomic E-state index is 11.9. The summed E-state index contributed by atoms with van der Waals surface area (Å²) in [6, 6.07) is 11.3. The number of benzene rings is 1. The summed E-state index contributed by atoms with van der Waals surface area (Å²) in [7, 11) is 0. The van der Waals surface area contributed by atoms with Crippen molar-refractivity contribution < 1.29 is 9.72 Å². The molecular formula is C16H15N5O3. The zero-order valence-electron chi connectivity index (χ0n) is 12.9. The summed E-state index contributed by atoms with van der Waals surface area (Å²) in [5.41, 5.74) is 1.06. The maximum absolute atomic E-state index is 11.9. The third-order valence-corrected chi connectivity index (χ3v) is 3.15. The van der Waals surface area contributed by atoms with Crippen molar-refractivity contribution >= 4 is 23.1 Å². The molecule has 0 spiro atoms. The number of nitriles is 1. The summed E-state index contributed by atoms with van der Waals surface area (Å²) in [5, 5.41) is 25.3. The van der Waals surface area contributed by atoms with E-state index in [1.54, 1.807) is 12.1 Å². The molecule has 0 aliphatic rings. The lowest BCUT2D eigenvalue weighted by Crippen LogP contribution is -2.17. The van der Waals surface area contributed by atoms with Crippen LogP contribution in [0.1, 0.15) is 17.7 Å². The Morgan fingerprint density at radius 1 is 1.38 bits per heavy atom. The Morgan fingerprint density at radius 3 is 2.83 bits per heavy atom. The van der Waals surface area contributed by atoms with Crippen LogP contribution in [0.4, 0.5) is 17.2 Å². The molecule has 1 heterocycles. The topological polar surface area (TPSA) is 121 Å². The molecule has 0 saturated carbocycles. The van der Waals surface area contributed by atoms with Gasteiger partial charge in [-0.25, -0.2) is 4.98 Å². The average Bonchev–Trinajstić information content (AvgIpc) is 2.55. The quantitative estimate of drug-likeness (QED) is 0.622. The van der Waals surface area contributed by atoms with Gasteiger partial charge in [0.2, 0.25) is 5.91 Å². The van der Waals surface area contributed by atoms with Gasteiger partial charge in [0.25, 0.3) is 5.69 Å². The number of nitrogens with one attached hydrogen (secondary N) is 2. The number of rotatable bonds is 6. The van der Waals surface area contributed by atoms with Gasteiger partial charge < -0.3 is 10.6 Å². The molecule has 0 unspecified atom stereocenters. The van der Waals surface area contributed by atoms with Gasteiger partial charge in [0, 0.05) is 24.7 Å². The highest BCUT2D eigenvalue weighted by atomic mass is 16.6. The summed E-state index contributed by atoms with van der Waals surface area (Å²) in [6.07, 6.45) is 0.118. The van der Waals surface area contributed by atoms with Gasteiger partial charge in [-0.2, -0.15) is 5.26 Å². The number of aromatic nitrogens is 1. The van der Waals surface area contributed by atoms with Crippen LogP contribution < -0.4 is 10.6 Å². The van der Waals surface area contributed by atoms with E-state index in [1.165, 1.54) is 18.2 Å². The van der Waals surface area contributed by atoms with Crippen molar-refractivity contribution in [2.75, 3.05) is 17.2 Å². The van der Waals surface area contributed by atoms with E-state index >= 15 is 0 Å². The highest BCUT2D eigenvalue weighted by Gasteiger charge is 2.14. The molecule has 0 saturated heterocycles. The van der Waals surface area contributed by atoms with Crippen LogP contribution in [-0.4, -0.2) is 22.4 Å². The molecule has 0 atom stereocenters. The lowest BCUT2D eigenvalue weighted by Gasteiger charge is -2.08. The summed E-state index contributed by atoms with van der Waals surface area (Å²) in [6.45, 7) is 2.03. The Hall–Kier alpha value is -3.47. The standard InChI is InChI=1S/C16H15N5O3/c1-11-3-2-4-15(19-11)20-16(22)7-8-18-13-6-5-12(10-17)9-14(13)21(23)24/h2-6,9,18H,7-8H2,1H3,(H,19,20,22). The van der Waals surface area contributed by atoms with E-state index in [4.69, 9.17) is 5.26 Å². The van der Waals surface area contributed by atoms with E-state index in [0.717, 1.165) is 5.69 Å². The van der Waals surface area contributed by atoms with Gasteiger partial charge in [-0.1, -0.05) is 6.07 Å². The first-order chi connectivity index (χ1) is 11.5. The largest absolute Gasteiger partial charge is 0.379 e. The number of anilines is 2. The van der Waals surface area contributed by atoms with Gasteiger partial charge in [0.05, 0.1) is 16.6 Å². The fourth-order valence-electron chi connectivity index (χ4n) is 2.03. The molecule has 0 bridgehead atoms. The molecule has 24 heavy (non-hydrogen) atoms. The minimum Gasteiger partial charge on any atom is -0.379 e. The zero-order chi connectivity index (χ0) is 17.5. The Morgan fingerprint density at radius 2 is 2.17 bits per heavy atom. The van der Waals surface area contributed by atoms with Gasteiger partial charge in [-0.15, -0.1) is 0 Å². The van der Waals surface area contributed by atoms with Crippen molar-refractivity contribution in [3.63, 3.8) is 0 Å². The van der Waals surface area contributed by atoms with Gasteiger partial charge >= 0.3 is 0 Å². The number of nitro benzene ring substituents is 1. The zero-order valence-corrected chi connectivity index (χ0v) is 12.9. The highest BCUT2D eigenvalue weighted by Crippen LogP contribution is 2.25. The van der Waals surface area contributed by atoms with Crippen molar-refractivity contribution in [1.82, 2.24) is 4.98 Å². The van der Waals surface area contributed by atoms with Crippen molar-refractivity contribution in [2.45, 2.75) is 13.3 Å². The first-order valence-electron chi connectivity index (χ1n) is 7.15. The van der Waals surface area contributed by atoms with Gasteiger partial charge in [-0.3, -0.25) is 14.9 Å². The summed E-state index contributed by atoms with van der Waals surface area (Å²) in [4.78, 5) is 26.5. The molecule has 2 aromatic rings. The molecule has 1 aromatic carbocycles. The number of nitro groups is 1. The second-order valence-corrected chi connectivity index (χ2v) is 4.99. The molecule has 2 N–H and O–H groups in total. The molecule has 1 aromatic heterocycles. The van der Waals surface area contributed by atoms with E-state index in [1.807, 2.05) is 19.1 Å². The normalized spacial score (nSPS) is 9.83. The van der Waals surface area contributed by atoms with Crippen LogP contribution in [0.5, 0.6) is 0 Å². The van der Waals surface area contributed by atoms with E-state index in [0.29, 0.717) is 5.82 Å². The number of carbonyl (C=O) groups excluding carboxylic acids is 1. The molecule has 0 radical (unpaired) electrons. The van der Waals surface area contributed by atoms with Gasteiger partial charge in [-0.05, 0) is 31.2 Å². The van der Waals surface area contributed by atoms with E-state index in [-0.39, 0.29) is 35.8 Å². The SMILES string of the molecule is Cc1cccc(NC(=O)CCNc2ccc(C#N)cc2[N+](=O)[O-])n1. The summed E-state index contributed by atoms with van der Waals surface area (Å²) in [5.74, 6) is 0.209. The summed E-state index contributed by atoms with van der Waals surface area (Å²) < 4.78 is 0. The van der Waals surface area contributed by atoms with Crippen LogP contribution in [-0.2, 0) is 4.79 Å². The van der Waals surface area contributed by atoms with Gasteiger partial charge in [0.15, 0.2) is 0 Å². The monoisotopic (exact) mass is 325 g/mol. The summed E-state index contributed by atoms with van der Waals surface area (Å²) >= 11 is 0. The maximum Gasteiger partial charge on any atom is 0.293 e. The minimum atomic E-state index is -0.570. The highest BCUT2D eigenvalue weighted by molar-refractivity contribution is 5.90. The van der Waals surface area contributed by atoms with Crippen LogP contribution in [0.3, 0.4) is 0 Å². The predicted octanol–water partition coefficient (Wildman–Crippen LogP) is 2.61. The van der Waals surface area contributed by atoms with Crippen LogP contribution in [0.25, 0.3) is 0 Å².